The maximum Gasteiger partial charge on any atom is 0.304 e. The lowest BCUT2D eigenvalue weighted by molar-refractivity contribution is -0.144. The van der Waals surface area contributed by atoms with E-state index in [1.165, 1.54) is 44.9 Å². The van der Waals surface area contributed by atoms with Crippen LogP contribution in [0, 0.1) is 5.92 Å². The van der Waals surface area contributed by atoms with Gasteiger partial charge in [0.05, 0.1) is 6.42 Å². The number of nitrogens with zero attached hydrogens (tertiary/aromatic N) is 1. The fourth-order valence-electron chi connectivity index (χ4n) is 3.25. The van der Waals surface area contributed by atoms with Gasteiger partial charge in [0.1, 0.15) is 0 Å². The standard InChI is InChI=1S/C22H41NO3/c1-4-7-8-9-10-11-12-13-14-15-16-17-18-20(19-21(24)25)22(26)23(5-2)6-3/h14-15,20H,4-13,16-19H2,1-3H3,(H,24,25)/b15-14+. The molecule has 1 unspecified atom stereocenters. The molecule has 4 nitrogen and oxygen atoms in total. The third kappa shape index (κ3) is 13.0. The Morgan fingerprint density at radius 1 is 0.846 bits per heavy atom. The van der Waals surface area contributed by atoms with Crippen molar-refractivity contribution in [3.8, 4) is 0 Å². The Labute approximate surface area is 161 Å². The van der Waals surface area contributed by atoms with Gasteiger partial charge in [-0.05, 0) is 46.0 Å². The molecule has 0 bridgehead atoms. The summed E-state index contributed by atoms with van der Waals surface area (Å²) in [4.78, 5) is 25.2. The van der Waals surface area contributed by atoms with Crippen molar-refractivity contribution < 1.29 is 14.7 Å². The normalized spacial score (nSPS) is 12.4. The Morgan fingerprint density at radius 2 is 1.38 bits per heavy atom. The highest BCUT2D eigenvalue weighted by Gasteiger charge is 2.24. The van der Waals surface area contributed by atoms with Gasteiger partial charge in [-0.3, -0.25) is 9.59 Å². The summed E-state index contributed by atoms with van der Waals surface area (Å²) in [6, 6.07) is 0. The topological polar surface area (TPSA) is 57.6 Å². The fraction of sp³-hybridized carbons (Fsp3) is 0.818. The van der Waals surface area contributed by atoms with Gasteiger partial charge >= 0.3 is 5.97 Å². The Hall–Kier alpha value is -1.32. The zero-order valence-corrected chi connectivity index (χ0v) is 17.3. The van der Waals surface area contributed by atoms with E-state index in [1.807, 2.05) is 13.8 Å². The van der Waals surface area contributed by atoms with Crippen molar-refractivity contribution >= 4 is 11.9 Å². The number of carboxylic acids is 1. The number of amides is 1. The van der Waals surface area contributed by atoms with E-state index in [9.17, 15) is 9.59 Å². The van der Waals surface area contributed by atoms with Crippen LogP contribution in [-0.4, -0.2) is 35.0 Å². The largest absolute Gasteiger partial charge is 0.481 e. The second-order valence-electron chi connectivity index (χ2n) is 7.12. The van der Waals surface area contributed by atoms with Gasteiger partial charge in [0, 0.05) is 19.0 Å². The van der Waals surface area contributed by atoms with Crippen molar-refractivity contribution in [2.24, 2.45) is 5.92 Å². The molecule has 0 aliphatic rings. The highest BCUT2D eigenvalue weighted by Crippen LogP contribution is 2.17. The number of allylic oxidation sites excluding steroid dienone is 2. The van der Waals surface area contributed by atoms with Crippen LogP contribution in [0.2, 0.25) is 0 Å². The smallest absolute Gasteiger partial charge is 0.304 e. The molecule has 0 heterocycles. The van der Waals surface area contributed by atoms with Gasteiger partial charge in [0.2, 0.25) is 5.91 Å². The average Bonchev–Trinajstić information content (AvgIpc) is 2.62. The number of aliphatic carboxylic acids is 1. The molecule has 0 aliphatic carbocycles. The first-order valence-corrected chi connectivity index (χ1v) is 10.7. The van der Waals surface area contributed by atoms with E-state index < -0.39 is 5.97 Å². The van der Waals surface area contributed by atoms with Crippen LogP contribution in [0.15, 0.2) is 12.2 Å². The lowest BCUT2D eigenvalue weighted by Gasteiger charge is -2.24. The molecule has 0 aliphatic heterocycles. The van der Waals surface area contributed by atoms with Crippen molar-refractivity contribution in [2.75, 3.05) is 13.1 Å². The number of hydrogen-bond acceptors (Lipinski definition) is 2. The number of carbonyl (C=O) groups excluding carboxylic acids is 1. The Bertz CT molecular complexity index is 389. The Morgan fingerprint density at radius 3 is 1.92 bits per heavy atom. The summed E-state index contributed by atoms with van der Waals surface area (Å²) in [6.07, 6.45) is 17.3. The second kappa shape index (κ2) is 17.1. The first-order valence-electron chi connectivity index (χ1n) is 10.7. The van der Waals surface area contributed by atoms with Crippen LogP contribution in [0.1, 0.15) is 97.8 Å². The van der Waals surface area contributed by atoms with Crippen LogP contribution in [0.25, 0.3) is 0 Å². The van der Waals surface area contributed by atoms with Crippen LogP contribution >= 0.6 is 0 Å². The summed E-state index contributed by atoms with van der Waals surface area (Å²) < 4.78 is 0. The van der Waals surface area contributed by atoms with Gasteiger partial charge in [-0.2, -0.15) is 0 Å². The number of carbonyl (C=O) groups is 2. The van der Waals surface area contributed by atoms with Gasteiger partial charge in [-0.25, -0.2) is 0 Å². The van der Waals surface area contributed by atoms with E-state index in [2.05, 4.69) is 19.1 Å². The SMILES string of the molecule is CCCCCCCCC/C=C/CCCC(CC(=O)O)C(=O)N(CC)CC. The molecule has 0 aromatic heterocycles. The molecular formula is C22H41NO3. The number of carboxylic acid groups (broad SMARTS) is 1. The summed E-state index contributed by atoms with van der Waals surface area (Å²) in [5, 5.41) is 9.07. The summed E-state index contributed by atoms with van der Waals surface area (Å²) in [5.74, 6) is -1.28. The molecule has 0 aromatic carbocycles. The van der Waals surface area contributed by atoms with Crippen LogP contribution < -0.4 is 0 Å². The van der Waals surface area contributed by atoms with Gasteiger partial charge < -0.3 is 10.0 Å². The van der Waals surface area contributed by atoms with E-state index in [-0.39, 0.29) is 18.2 Å². The van der Waals surface area contributed by atoms with E-state index in [0.29, 0.717) is 19.5 Å². The van der Waals surface area contributed by atoms with Crippen molar-refractivity contribution in [2.45, 2.75) is 97.8 Å². The third-order valence-corrected chi connectivity index (χ3v) is 4.91. The zero-order chi connectivity index (χ0) is 19.6. The third-order valence-electron chi connectivity index (χ3n) is 4.91. The lowest BCUT2D eigenvalue weighted by Crippen LogP contribution is -2.36. The molecule has 152 valence electrons. The van der Waals surface area contributed by atoms with Crippen LogP contribution in [0.4, 0.5) is 0 Å². The summed E-state index contributed by atoms with van der Waals surface area (Å²) >= 11 is 0. The molecule has 1 atom stereocenters. The van der Waals surface area contributed by atoms with E-state index in [0.717, 1.165) is 19.3 Å². The minimum atomic E-state index is -0.884. The molecule has 26 heavy (non-hydrogen) atoms. The zero-order valence-electron chi connectivity index (χ0n) is 17.3. The molecule has 0 saturated carbocycles. The molecule has 0 saturated heterocycles. The molecule has 0 radical (unpaired) electrons. The van der Waals surface area contributed by atoms with E-state index >= 15 is 0 Å². The van der Waals surface area contributed by atoms with Crippen molar-refractivity contribution in [3.63, 3.8) is 0 Å². The fourth-order valence-corrected chi connectivity index (χ4v) is 3.25. The predicted octanol–water partition coefficient (Wildman–Crippen LogP) is 5.81. The van der Waals surface area contributed by atoms with Crippen molar-refractivity contribution in [3.05, 3.63) is 12.2 Å². The minimum absolute atomic E-state index is 0.00977. The molecule has 0 fully saturated rings. The predicted molar refractivity (Wildman–Crippen MR) is 109 cm³/mol. The molecule has 0 spiro atoms. The van der Waals surface area contributed by atoms with Crippen LogP contribution in [0.3, 0.4) is 0 Å². The summed E-state index contributed by atoms with van der Waals surface area (Å²) in [5.41, 5.74) is 0. The Kier molecular flexibility index (Phi) is 16.2. The Balaban J connectivity index is 3.93. The summed E-state index contributed by atoms with van der Waals surface area (Å²) in [6.45, 7) is 7.40. The lowest BCUT2D eigenvalue weighted by atomic mass is 9.96. The van der Waals surface area contributed by atoms with Crippen LogP contribution in [-0.2, 0) is 9.59 Å². The maximum atomic E-state index is 12.4. The molecular weight excluding hydrogens is 326 g/mol. The molecule has 1 N–H and O–H groups in total. The molecule has 1 amide bonds. The average molecular weight is 368 g/mol. The van der Waals surface area contributed by atoms with Crippen molar-refractivity contribution in [1.29, 1.82) is 0 Å². The number of rotatable bonds is 17. The first-order chi connectivity index (χ1) is 12.6. The minimum Gasteiger partial charge on any atom is -0.481 e. The quantitative estimate of drug-likeness (QED) is 0.260. The van der Waals surface area contributed by atoms with Crippen LogP contribution in [0.5, 0.6) is 0 Å². The first kappa shape index (κ1) is 24.7. The van der Waals surface area contributed by atoms with Gasteiger partial charge in [-0.1, -0.05) is 57.6 Å². The number of hydrogen-bond donors (Lipinski definition) is 1. The molecule has 4 heteroatoms. The monoisotopic (exact) mass is 367 g/mol. The van der Waals surface area contributed by atoms with Gasteiger partial charge in [0.25, 0.3) is 0 Å². The van der Waals surface area contributed by atoms with Gasteiger partial charge in [0.15, 0.2) is 0 Å². The highest BCUT2D eigenvalue weighted by atomic mass is 16.4. The van der Waals surface area contributed by atoms with E-state index in [4.69, 9.17) is 5.11 Å². The van der Waals surface area contributed by atoms with E-state index in [1.54, 1.807) is 4.90 Å². The second-order valence-corrected chi connectivity index (χ2v) is 7.12. The highest BCUT2D eigenvalue weighted by molar-refractivity contribution is 5.83. The molecule has 0 aromatic rings. The van der Waals surface area contributed by atoms with Crippen molar-refractivity contribution in [1.82, 2.24) is 4.90 Å². The van der Waals surface area contributed by atoms with Gasteiger partial charge in [-0.15, -0.1) is 0 Å². The number of unbranched alkanes of at least 4 members (excludes halogenated alkanes) is 8. The molecule has 0 rings (SSSR count). The summed E-state index contributed by atoms with van der Waals surface area (Å²) in [7, 11) is 0. The maximum absolute atomic E-state index is 12.4.